The van der Waals surface area contributed by atoms with Crippen LogP contribution < -0.4 is 0 Å². The van der Waals surface area contributed by atoms with E-state index in [0.717, 1.165) is 31.3 Å². The highest BCUT2D eigenvalue weighted by atomic mass is 32.2. The lowest BCUT2D eigenvalue weighted by Gasteiger charge is -2.32. The second kappa shape index (κ2) is 13.1. The quantitative estimate of drug-likeness (QED) is 0.360. The molecular formula is C26H46N2O3S. The first-order valence-electron chi connectivity index (χ1n) is 12.8. The molecule has 5 atom stereocenters. The Labute approximate surface area is 200 Å². The van der Waals surface area contributed by atoms with E-state index in [4.69, 9.17) is 0 Å². The molecule has 0 spiro atoms. The van der Waals surface area contributed by atoms with E-state index in [1.165, 1.54) is 55.2 Å². The zero-order valence-electron chi connectivity index (χ0n) is 21.0. The number of fused-ring (bicyclic) bond motifs is 2. The van der Waals surface area contributed by atoms with Gasteiger partial charge >= 0.3 is 0 Å². The molecule has 0 radical (unpaired) electrons. The van der Waals surface area contributed by atoms with Crippen molar-refractivity contribution in [1.82, 2.24) is 9.80 Å². The first-order valence-corrected chi connectivity index (χ1v) is 13.7. The monoisotopic (exact) mass is 466 g/mol. The van der Waals surface area contributed by atoms with Crippen LogP contribution in [0.1, 0.15) is 79.1 Å². The van der Waals surface area contributed by atoms with Gasteiger partial charge in [0.1, 0.15) is 12.2 Å². The second-order valence-electron chi connectivity index (χ2n) is 9.94. The summed E-state index contributed by atoms with van der Waals surface area (Å²) in [5.74, 6) is 1.17. The van der Waals surface area contributed by atoms with Crippen LogP contribution in [0.2, 0.25) is 0 Å². The Morgan fingerprint density at radius 1 is 1.22 bits per heavy atom. The van der Waals surface area contributed by atoms with Crippen molar-refractivity contribution in [2.24, 2.45) is 17.8 Å². The van der Waals surface area contributed by atoms with Crippen LogP contribution in [0.15, 0.2) is 12.2 Å². The fraction of sp³-hybridized carbons (Fsp3) is 0.846. The Morgan fingerprint density at radius 2 is 1.91 bits per heavy atom. The van der Waals surface area contributed by atoms with E-state index >= 15 is 0 Å². The molecule has 0 aromatic heterocycles. The number of rotatable bonds is 5. The molecule has 0 aromatic carbocycles. The number of aliphatic hydroxyl groups is 1. The van der Waals surface area contributed by atoms with Gasteiger partial charge in [-0.15, -0.1) is 11.8 Å². The van der Waals surface area contributed by atoms with Gasteiger partial charge in [0.25, 0.3) is 0 Å². The lowest BCUT2D eigenvalue weighted by atomic mass is 9.74. The highest BCUT2D eigenvalue weighted by molar-refractivity contribution is 8.00. The van der Waals surface area contributed by atoms with Gasteiger partial charge in [0, 0.05) is 6.54 Å². The number of thioether (sulfide) groups is 1. The topological polar surface area (TPSA) is 60.9 Å². The molecule has 32 heavy (non-hydrogen) atoms. The minimum atomic E-state index is -1.09. The maximum absolute atomic E-state index is 11.9. The molecule has 1 amide bonds. The van der Waals surface area contributed by atoms with Gasteiger partial charge in [-0.3, -0.25) is 4.79 Å². The molecular weight excluding hydrogens is 420 g/mol. The third-order valence-corrected chi connectivity index (χ3v) is 8.94. The number of allylic oxidation sites excluding steroid dienone is 2. The van der Waals surface area contributed by atoms with Crippen LogP contribution in [0.4, 0.5) is 0 Å². The fourth-order valence-electron chi connectivity index (χ4n) is 5.29. The van der Waals surface area contributed by atoms with Crippen molar-refractivity contribution in [1.29, 1.82) is 0 Å². The number of hydrogen-bond donors (Lipinski definition) is 1. The smallest absolute Gasteiger partial charge is 0.236 e. The number of carbonyl (C=O) groups is 2. The minimum Gasteiger partial charge on any atom is -0.370 e. The molecule has 5 nitrogen and oxygen atoms in total. The molecule has 2 aliphatic heterocycles. The summed E-state index contributed by atoms with van der Waals surface area (Å²) in [7, 11) is 2.11. The van der Waals surface area contributed by atoms with Crippen molar-refractivity contribution in [3.63, 3.8) is 0 Å². The number of carbonyl (C=O) groups excluding carboxylic acids is 2. The zero-order valence-corrected chi connectivity index (χ0v) is 21.8. The fourth-order valence-corrected chi connectivity index (χ4v) is 6.69. The van der Waals surface area contributed by atoms with Gasteiger partial charge in [0.05, 0.1) is 5.25 Å². The van der Waals surface area contributed by atoms with E-state index in [1.54, 1.807) is 0 Å². The lowest BCUT2D eigenvalue weighted by Crippen LogP contribution is -2.46. The number of aldehydes is 1. The van der Waals surface area contributed by atoms with Gasteiger partial charge in [-0.25, -0.2) is 0 Å². The molecule has 4 aliphatic rings. The number of nitrogens with zero attached hydrogens (tertiary/aromatic N) is 2. The standard InChI is InChI=1S/C11H17NO3S.C10H16.C5H13N/c1-7(2)16-9-8(6-13)10(14)12-5-3-4-11(9,12)15;1-2-6-10-8-4-3-7-9(10)5-1;1-4-6(3)5-2/h6-9,15H,3-5H2,1-2H3;1,5,9-10H,2-4,6-8H2;4-5H2,1-3H3/t8-,9+,11+;9-,10?;/m00./s1. The van der Waals surface area contributed by atoms with Crippen LogP contribution in [0, 0.1) is 17.8 Å². The number of amides is 1. The van der Waals surface area contributed by atoms with Crippen LogP contribution in [0.25, 0.3) is 0 Å². The number of hydrogen-bond acceptors (Lipinski definition) is 5. The summed E-state index contributed by atoms with van der Waals surface area (Å²) in [4.78, 5) is 26.7. The first kappa shape index (κ1) is 27.4. The van der Waals surface area contributed by atoms with Gasteiger partial charge in [0.2, 0.25) is 5.91 Å². The lowest BCUT2D eigenvalue weighted by molar-refractivity contribution is -0.140. The summed E-state index contributed by atoms with van der Waals surface area (Å²) in [6.07, 6.45) is 15.7. The largest absolute Gasteiger partial charge is 0.370 e. The Bertz CT molecular complexity index is 622. The Kier molecular flexibility index (Phi) is 11.3. The van der Waals surface area contributed by atoms with Crippen molar-refractivity contribution < 1.29 is 14.7 Å². The third-order valence-electron chi connectivity index (χ3n) is 7.43. The van der Waals surface area contributed by atoms with Crippen LogP contribution in [0.3, 0.4) is 0 Å². The van der Waals surface area contributed by atoms with Crippen LogP contribution in [-0.4, -0.2) is 70.0 Å². The van der Waals surface area contributed by atoms with E-state index in [0.29, 0.717) is 24.5 Å². The molecule has 4 rings (SSSR count). The van der Waals surface area contributed by atoms with Crippen LogP contribution >= 0.6 is 11.8 Å². The van der Waals surface area contributed by atoms with Gasteiger partial charge in [-0.05, 0) is 75.7 Å². The zero-order chi connectivity index (χ0) is 23.7. The second-order valence-corrected chi connectivity index (χ2v) is 11.7. The van der Waals surface area contributed by atoms with E-state index < -0.39 is 11.6 Å². The molecule has 2 heterocycles. The maximum Gasteiger partial charge on any atom is 0.236 e. The average Bonchev–Trinajstić information content (AvgIpc) is 3.28. The Balaban J connectivity index is 0.000000193. The molecule has 6 heteroatoms. The SMILES string of the molecule is C1=C[C@H]2CCCCC2CC1.CC(C)S[C@@H]1[C@H](C=O)C(=O)N2CCC[C@@]12O.CCN(C)CC. The summed E-state index contributed by atoms with van der Waals surface area (Å²) in [6.45, 7) is 11.2. The summed E-state index contributed by atoms with van der Waals surface area (Å²) in [5, 5.41) is 10.5. The van der Waals surface area contributed by atoms with E-state index in [-0.39, 0.29) is 11.2 Å². The normalized spacial score (nSPS) is 33.2. The maximum atomic E-state index is 11.9. The van der Waals surface area contributed by atoms with E-state index in [1.807, 2.05) is 13.8 Å². The van der Waals surface area contributed by atoms with Crippen molar-refractivity contribution in [2.75, 3.05) is 26.7 Å². The molecule has 2 saturated heterocycles. The molecule has 0 aromatic rings. The van der Waals surface area contributed by atoms with Crippen molar-refractivity contribution in [3.8, 4) is 0 Å². The van der Waals surface area contributed by atoms with Gasteiger partial charge < -0.3 is 19.7 Å². The van der Waals surface area contributed by atoms with Crippen molar-refractivity contribution in [2.45, 2.75) is 95.3 Å². The Morgan fingerprint density at radius 3 is 2.47 bits per heavy atom. The van der Waals surface area contributed by atoms with E-state index in [9.17, 15) is 14.7 Å². The summed E-state index contributed by atoms with van der Waals surface area (Å²) in [6, 6.07) is 0. The Hall–Kier alpha value is -0.850. The molecule has 1 unspecified atom stereocenters. The van der Waals surface area contributed by atoms with Crippen LogP contribution in [0.5, 0.6) is 0 Å². The van der Waals surface area contributed by atoms with Gasteiger partial charge in [-0.1, -0.05) is 52.7 Å². The van der Waals surface area contributed by atoms with Crippen molar-refractivity contribution in [3.05, 3.63) is 12.2 Å². The molecule has 2 aliphatic carbocycles. The highest BCUT2D eigenvalue weighted by Crippen LogP contribution is 2.47. The molecule has 0 bridgehead atoms. The predicted octanol–water partition coefficient (Wildman–Crippen LogP) is 4.74. The highest BCUT2D eigenvalue weighted by Gasteiger charge is 2.60. The molecule has 1 N–H and O–H groups in total. The molecule has 3 fully saturated rings. The third kappa shape index (κ3) is 6.83. The first-order chi connectivity index (χ1) is 15.3. The predicted molar refractivity (Wildman–Crippen MR) is 135 cm³/mol. The molecule has 184 valence electrons. The van der Waals surface area contributed by atoms with Gasteiger partial charge in [-0.2, -0.15) is 0 Å². The van der Waals surface area contributed by atoms with E-state index in [2.05, 4.69) is 37.9 Å². The minimum absolute atomic E-state index is 0.201. The van der Waals surface area contributed by atoms with Crippen LogP contribution in [-0.2, 0) is 9.59 Å². The average molecular weight is 467 g/mol. The summed E-state index contributed by atoms with van der Waals surface area (Å²) < 4.78 is 0. The summed E-state index contributed by atoms with van der Waals surface area (Å²) in [5.41, 5.74) is -1.09. The van der Waals surface area contributed by atoms with Crippen molar-refractivity contribution >= 4 is 24.0 Å². The van der Waals surface area contributed by atoms with Gasteiger partial charge in [0.15, 0.2) is 5.72 Å². The summed E-state index contributed by atoms with van der Waals surface area (Å²) >= 11 is 1.53. The molecule has 1 saturated carbocycles.